The van der Waals surface area contributed by atoms with Crippen molar-refractivity contribution in [1.82, 2.24) is 20.2 Å². The Morgan fingerprint density at radius 2 is 2.27 bits per heavy atom. The molecule has 22 heavy (non-hydrogen) atoms. The Bertz CT molecular complexity index is 614. The lowest BCUT2D eigenvalue weighted by atomic mass is 9.77. The van der Waals surface area contributed by atoms with Gasteiger partial charge >= 0.3 is 0 Å². The zero-order valence-electron chi connectivity index (χ0n) is 12.8. The van der Waals surface area contributed by atoms with Crippen LogP contribution in [0.3, 0.4) is 0 Å². The van der Waals surface area contributed by atoms with Gasteiger partial charge in [-0.1, -0.05) is 0 Å². The van der Waals surface area contributed by atoms with Gasteiger partial charge in [-0.25, -0.2) is 9.97 Å². The number of hydrogen-bond donors (Lipinski definition) is 2. The van der Waals surface area contributed by atoms with E-state index in [0.717, 1.165) is 43.5 Å². The Hall–Kier alpha value is -2.18. The van der Waals surface area contributed by atoms with Crippen LogP contribution in [-0.2, 0) is 21.4 Å². The maximum atomic E-state index is 12.3. The first kappa shape index (κ1) is 14.7. The third-order valence-corrected chi connectivity index (χ3v) is 4.68. The van der Waals surface area contributed by atoms with Gasteiger partial charge in [0.25, 0.3) is 0 Å². The lowest BCUT2D eigenvalue weighted by Crippen LogP contribution is -2.50. The molecule has 1 aromatic heterocycles. The highest BCUT2D eigenvalue weighted by molar-refractivity contribution is 5.83. The van der Waals surface area contributed by atoms with E-state index >= 15 is 0 Å². The highest BCUT2D eigenvalue weighted by Gasteiger charge is 2.44. The van der Waals surface area contributed by atoms with Crippen molar-refractivity contribution in [3.63, 3.8) is 0 Å². The van der Waals surface area contributed by atoms with Gasteiger partial charge in [0.2, 0.25) is 17.8 Å². The monoisotopic (exact) mass is 303 g/mol. The summed E-state index contributed by atoms with van der Waals surface area (Å²) in [7, 11) is 0. The van der Waals surface area contributed by atoms with Gasteiger partial charge in [-0.15, -0.1) is 0 Å². The minimum Gasteiger partial charge on any atom is -0.368 e. The fourth-order valence-corrected chi connectivity index (χ4v) is 3.61. The molecule has 3 rings (SSSR count). The van der Waals surface area contributed by atoms with E-state index in [1.807, 2.05) is 11.1 Å². The zero-order valence-corrected chi connectivity index (χ0v) is 12.8. The number of fused-ring (bicyclic) bond motifs is 2. The quantitative estimate of drug-likeness (QED) is 0.801. The fraction of sp³-hybridized carbons (Fsp3) is 0.600. The molecule has 7 nitrogen and oxygen atoms in total. The van der Waals surface area contributed by atoms with Crippen LogP contribution in [0.4, 0.5) is 5.95 Å². The van der Waals surface area contributed by atoms with Gasteiger partial charge in [-0.05, 0) is 31.2 Å². The second kappa shape index (κ2) is 5.55. The molecule has 1 unspecified atom stereocenters. The topological polar surface area (TPSA) is 101 Å². The average Bonchev–Trinajstić information content (AvgIpc) is 2.83. The number of anilines is 1. The molecule has 1 aromatic rings. The Balaban J connectivity index is 1.78. The number of nitrogens with one attached hydrogen (secondary N) is 1. The number of hydrogen-bond acceptors (Lipinski definition) is 5. The van der Waals surface area contributed by atoms with Crippen molar-refractivity contribution in [1.29, 1.82) is 0 Å². The molecule has 1 saturated heterocycles. The summed E-state index contributed by atoms with van der Waals surface area (Å²) >= 11 is 0. The van der Waals surface area contributed by atoms with Crippen LogP contribution in [0.15, 0.2) is 6.20 Å². The van der Waals surface area contributed by atoms with E-state index < -0.39 is 0 Å². The van der Waals surface area contributed by atoms with E-state index in [2.05, 4.69) is 15.3 Å². The number of carbonyl (C=O) groups is 2. The zero-order chi connectivity index (χ0) is 15.7. The first-order chi connectivity index (χ1) is 10.5. The van der Waals surface area contributed by atoms with Crippen LogP contribution in [0.5, 0.6) is 0 Å². The van der Waals surface area contributed by atoms with Crippen LogP contribution in [0, 0.1) is 0 Å². The first-order valence-electron chi connectivity index (χ1n) is 7.64. The Morgan fingerprint density at radius 1 is 1.45 bits per heavy atom. The number of nitrogens with zero attached hydrogens (tertiary/aromatic N) is 3. The number of aromatic nitrogens is 2. The van der Waals surface area contributed by atoms with Crippen LogP contribution < -0.4 is 11.1 Å². The van der Waals surface area contributed by atoms with Crippen LogP contribution in [-0.4, -0.2) is 46.3 Å². The molecule has 1 aliphatic carbocycles. The molecular weight excluding hydrogens is 282 g/mol. The van der Waals surface area contributed by atoms with E-state index in [1.54, 1.807) is 0 Å². The molecule has 7 heteroatoms. The van der Waals surface area contributed by atoms with Crippen molar-refractivity contribution in [2.75, 3.05) is 25.4 Å². The Morgan fingerprint density at radius 3 is 3.05 bits per heavy atom. The molecule has 3 N–H and O–H groups in total. The summed E-state index contributed by atoms with van der Waals surface area (Å²) in [6, 6.07) is 0. The second-order valence-corrected chi connectivity index (χ2v) is 6.21. The molecule has 0 radical (unpaired) electrons. The van der Waals surface area contributed by atoms with E-state index in [-0.39, 0.29) is 23.8 Å². The predicted octanol–water partition coefficient (Wildman–Crippen LogP) is 0.00130. The second-order valence-electron chi connectivity index (χ2n) is 6.21. The van der Waals surface area contributed by atoms with Gasteiger partial charge in [-0.3, -0.25) is 9.59 Å². The lowest BCUT2D eigenvalue weighted by molar-refractivity contribution is -0.134. The lowest BCUT2D eigenvalue weighted by Gasteiger charge is -2.40. The highest BCUT2D eigenvalue weighted by atomic mass is 16.2. The molecule has 118 valence electrons. The predicted molar refractivity (Wildman–Crippen MR) is 80.9 cm³/mol. The van der Waals surface area contributed by atoms with Gasteiger partial charge < -0.3 is 16.0 Å². The number of amides is 2. The standard InChI is InChI=1S/C15H21N5O2/c1-10(21)17-8-12(22)20-6-2-4-15(9-20)5-3-11-7-18-14(16)19-13(11)15/h7H,2-6,8-9H2,1H3,(H,17,21)(H2,16,18,19). The van der Waals surface area contributed by atoms with Crippen molar-refractivity contribution in [3.05, 3.63) is 17.5 Å². The Labute approximate surface area is 129 Å². The van der Waals surface area contributed by atoms with Gasteiger partial charge in [0.15, 0.2) is 0 Å². The summed E-state index contributed by atoms with van der Waals surface area (Å²) in [5.41, 5.74) is 7.80. The average molecular weight is 303 g/mol. The molecule has 1 fully saturated rings. The number of likely N-dealkylation sites (tertiary alicyclic amines) is 1. The minimum atomic E-state index is -0.188. The number of rotatable bonds is 2. The highest BCUT2D eigenvalue weighted by Crippen LogP contribution is 2.43. The number of piperidine rings is 1. The molecular formula is C15H21N5O2. The van der Waals surface area contributed by atoms with Crippen LogP contribution in [0.2, 0.25) is 0 Å². The molecule has 2 amide bonds. The van der Waals surface area contributed by atoms with E-state index in [9.17, 15) is 9.59 Å². The van der Waals surface area contributed by atoms with Crippen LogP contribution >= 0.6 is 0 Å². The van der Waals surface area contributed by atoms with Crippen LogP contribution in [0.25, 0.3) is 0 Å². The Kier molecular flexibility index (Phi) is 3.72. The summed E-state index contributed by atoms with van der Waals surface area (Å²) in [4.78, 5) is 33.6. The maximum absolute atomic E-state index is 12.3. The molecule has 0 bridgehead atoms. The number of carbonyl (C=O) groups excluding carboxylic acids is 2. The van der Waals surface area contributed by atoms with Crippen molar-refractivity contribution < 1.29 is 9.59 Å². The third kappa shape index (κ3) is 2.63. The molecule has 1 spiro atoms. The molecule has 0 saturated carbocycles. The van der Waals surface area contributed by atoms with E-state index in [0.29, 0.717) is 12.5 Å². The summed E-state index contributed by atoms with van der Waals surface area (Å²) in [5, 5.41) is 2.57. The van der Waals surface area contributed by atoms with Crippen molar-refractivity contribution >= 4 is 17.8 Å². The van der Waals surface area contributed by atoms with Crippen LogP contribution in [0.1, 0.15) is 37.4 Å². The molecule has 0 aromatic carbocycles. The summed E-state index contributed by atoms with van der Waals surface area (Å²) in [6.45, 7) is 2.85. The number of nitrogen functional groups attached to an aromatic ring is 1. The maximum Gasteiger partial charge on any atom is 0.241 e. The van der Waals surface area contributed by atoms with Crippen molar-refractivity contribution in [3.8, 4) is 0 Å². The molecule has 2 aliphatic rings. The summed E-state index contributed by atoms with van der Waals surface area (Å²) < 4.78 is 0. The normalized spacial score (nSPS) is 23.4. The third-order valence-electron chi connectivity index (χ3n) is 4.68. The fourth-order valence-electron chi connectivity index (χ4n) is 3.61. The van der Waals surface area contributed by atoms with Gasteiger partial charge in [-0.2, -0.15) is 0 Å². The van der Waals surface area contributed by atoms with Gasteiger partial charge in [0, 0.05) is 31.6 Å². The largest absolute Gasteiger partial charge is 0.368 e. The number of nitrogens with two attached hydrogens (primary N) is 1. The van der Waals surface area contributed by atoms with E-state index in [4.69, 9.17) is 5.73 Å². The summed E-state index contributed by atoms with van der Waals surface area (Å²) in [5.74, 6) is 0.0678. The number of aryl methyl sites for hydroxylation is 1. The molecule has 1 aliphatic heterocycles. The van der Waals surface area contributed by atoms with Gasteiger partial charge in [0.05, 0.1) is 12.2 Å². The molecule has 2 heterocycles. The minimum absolute atomic E-state index is 0.0373. The molecule has 1 atom stereocenters. The first-order valence-corrected chi connectivity index (χ1v) is 7.64. The van der Waals surface area contributed by atoms with Crippen molar-refractivity contribution in [2.45, 2.75) is 38.0 Å². The van der Waals surface area contributed by atoms with Gasteiger partial charge in [0.1, 0.15) is 0 Å². The SMILES string of the molecule is CC(=O)NCC(=O)N1CCCC2(CCc3cnc(N)nc32)C1. The van der Waals surface area contributed by atoms with E-state index in [1.165, 1.54) is 6.92 Å². The smallest absolute Gasteiger partial charge is 0.241 e. The van der Waals surface area contributed by atoms with Crippen molar-refractivity contribution in [2.24, 2.45) is 0 Å². The summed E-state index contributed by atoms with van der Waals surface area (Å²) in [6.07, 6.45) is 5.67.